The van der Waals surface area contributed by atoms with Gasteiger partial charge in [-0.2, -0.15) is 0 Å². The molecule has 3 rings (SSSR count). The van der Waals surface area contributed by atoms with Crippen LogP contribution in [0.3, 0.4) is 0 Å². The summed E-state index contributed by atoms with van der Waals surface area (Å²) in [6, 6.07) is 13.3. The van der Waals surface area contributed by atoms with Crippen molar-refractivity contribution in [3.8, 4) is 0 Å². The summed E-state index contributed by atoms with van der Waals surface area (Å²) >= 11 is 0. The van der Waals surface area contributed by atoms with Crippen LogP contribution in [0, 0.1) is 5.82 Å². The maximum absolute atomic E-state index is 12.9. The van der Waals surface area contributed by atoms with Gasteiger partial charge < -0.3 is 14.6 Å². The minimum atomic E-state index is -0.922. The van der Waals surface area contributed by atoms with Gasteiger partial charge in [0.25, 0.3) is 0 Å². The van der Waals surface area contributed by atoms with Crippen LogP contribution in [0.15, 0.2) is 52.9 Å². The van der Waals surface area contributed by atoms with Crippen molar-refractivity contribution < 1.29 is 19.0 Å². The Morgan fingerprint density at radius 1 is 1.05 bits per heavy atom. The van der Waals surface area contributed by atoms with Crippen molar-refractivity contribution in [2.75, 3.05) is 6.61 Å². The van der Waals surface area contributed by atoms with E-state index in [-0.39, 0.29) is 12.4 Å². The first kappa shape index (κ1) is 14.8. The molecule has 0 aliphatic heterocycles. The van der Waals surface area contributed by atoms with Crippen molar-refractivity contribution in [2.24, 2.45) is 0 Å². The first-order chi connectivity index (χ1) is 10.7. The zero-order chi connectivity index (χ0) is 15.5. The lowest BCUT2D eigenvalue weighted by Crippen LogP contribution is -1.97. The molecule has 1 atom stereocenters. The average molecular weight is 300 g/mol. The summed E-state index contributed by atoms with van der Waals surface area (Å²) in [5, 5.41) is 20.1. The molecule has 0 fully saturated rings. The molecule has 0 spiro atoms. The molecule has 114 valence electrons. The molecule has 1 aromatic heterocycles. The summed E-state index contributed by atoms with van der Waals surface area (Å²) in [5.41, 5.74) is 2.40. The molecule has 22 heavy (non-hydrogen) atoms. The lowest BCUT2D eigenvalue weighted by molar-refractivity contribution is 0.192. The van der Waals surface area contributed by atoms with E-state index in [2.05, 4.69) is 0 Å². The standard InChI is InChI=1S/C18H17FO3/c19-15-6-4-13(5-7-15)18(21)17-11-14-10-12(2-1-9-20)3-8-16(14)22-17/h3-8,10-11,18,20-21H,1-2,9H2. The van der Waals surface area contributed by atoms with Gasteiger partial charge in [-0.3, -0.25) is 0 Å². The second-order valence-corrected chi connectivity index (χ2v) is 5.30. The fourth-order valence-electron chi connectivity index (χ4n) is 2.50. The van der Waals surface area contributed by atoms with E-state index in [0.29, 0.717) is 23.3 Å². The molecule has 0 saturated carbocycles. The molecule has 3 nitrogen and oxygen atoms in total. The molecule has 1 unspecified atom stereocenters. The summed E-state index contributed by atoms with van der Waals surface area (Å²) in [5.74, 6) is 0.0926. The molecule has 2 N–H and O–H groups in total. The summed E-state index contributed by atoms with van der Waals surface area (Å²) in [6.45, 7) is 0.165. The zero-order valence-corrected chi connectivity index (χ0v) is 12.0. The fourth-order valence-corrected chi connectivity index (χ4v) is 2.50. The van der Waals surface area contributed by atoms with Crippen molar-refractivity contribution in [1.82, 2.24) is 0 Å². The summed E-state index contributed by atoms with van der Waals surface area (Å²) in [4.78, 5) is 0. The highest BCUT2D eigenvalue weighted by Gasteiger charge is 2.15. The Bertz CT molecular complexity index is 762. The number of benzene rings is 2. The first-order valence-corrected chi connectivity index (χ1v) is 7.24. The highest BCUT2D eigenvalue weighted by Crippen LogP contribution is 2.29. The van der Waals surface area contributed by atoms with Crippen LogP contribution in [0.5, 0.6) is 0 Å². The minimum absolute atomic E-state index is 0.165. The lowest BCUT2D eigenvalue weighted by Gasteiger charge is -2.07. The molecule has 0 aliphatic carbocycles. The van der Waals surface area contributed by atoms with Gasteiger partial charge in [-0.05, 0) is 54.3 Å². The van der Waals surface area contributed by atoms with Gasteiger partial charge in [-0.1, -0.05) is 18.2 Å². The molecule has 3 aromatic rings. The largest absolute Gasteiger partial charge is 0.458 e. The fraction of sp³-hybridized carbons (Fsp3) is 0.222. The number of hydrogen-bond donors (Lipinski definition) is 2. The van der Waals surface area contributed by atoms with Crippen molar-refractivity contribution in [1.29, 1.82) is 0 Å². The third kappa shape index (κ3) is 3.03. The third-order valence-corrected chi connectivity index (χ3v) is 3.68. The molecule has 4 heteroatoms. The Labute approximate surface area is 127 Å². The van der Waals surface area contributed by atoms with E-state index in [1.807, 2.05) is 18.2 Å². The summed E-state index contributed by atoms with van der Waals surface area (Å²) in [7, 11) is 0. The number of aryl methyl sites for hydroxylation is 1. The Hall–Kier alpha value is -2.17. The van der Waals surface area contributed by atoms with Crippen molar-refractivity contribution in [2.45, 2.75) is 18.9 Å². The topological polar surface area (TPSA) is 53.6 Å². The van der Waals surface area contributed by atoms with E-state index in [1.54, 1.807) is 18.2 Å². The Balaban J connectivity index is 1.89. The Kier molecular flexibility index (Phi) is 4.22. The molecule has 1 heterocycles. The Morgan fingerprint density at radius 2 is 1.82 bits per heavy atom. The number of aliphatic hydroxyl groups excluding tert-OH is 2. The van der Waals surface area contributed by atoms with E-state index >= 15 is 0 Å². The molecular weight excluding hydrogens is 283 g/mol. The van der Waals surface area contributed by atoms with Crippen LogP contribution in [0.2, 0.25) is 0 Å². The van der Waals surface area contributed by atoms with Crippen LogP contribution in [0.1, 0.15) is 29.4 Å². The van der Waals surface area contributed by atoms with Crippen LogP contribution in [-0.2, 0) is 6.42 Å². The van der Waals surface area contributed by atoms with Gasteiger partial charge in [-0.25, -0.2) is 4.39 Å². The number of hydrogen-bond acceptors (Lipinski definition) is 3. The molecule has 0 bridgehead atoms. The van der Waals surface area contributed by atoms with E-state index < -0.39 is 6.10 Å². The van der Waals surface area contributed by atoms with Gasteiger partial charge in [0.05, 0.1) is 0 Å². The maximum atomic E-state index is 12.9. The van der Waals surface area contributed by atoms with Crippen LogP contribution < -0.4 is 0 Å². The van der Waals surface area contributed by atoms with E-state index in [1.165, 1.54) is 12.1 Å². The monoisotopic (exact) mass is 300 g/mol. The number of fused-ring (bicyclic) bond motifs is 1. The predicted molar refractivity (Wildman–Crippen MR) is 82.1 cm³/mol. The molecule has 0 amide bonds. The van der Waals surface area contributed by atoms with Crippen LogP contribution in [0.4, 0.5) is 4.39 Å². The molecule has 0 saturated heterocycles. The second kappa shape index (κ2) is 6.30. The maximum Gasteiger partial charge on any atom is 0.138 e. The van der Waals surface area contributed by atoms with Gasteiger partial charge in [-0.15, -0.1) is 0 Å². The SMILES string of the molecule is OCCCc1ccc2oc(C(O)c3ccc(F)cc3)cc2c1. The number of aliphatic hydroxyl groups is 2. The second-order valence-electron chi connectivity index (χ2n) is 5.30. The molecule has 0 radical (unpaired) electrons. The smallest absolute Gasteiger partial charge is 0.138 e. The average Bonchev–Trinajstić information content (AvgIpc) is 2.96. The van der Waals surface area contributed by atoms with Gasteiger partial charge in [0, 0.05) is 12.0 Å². The molecule has 0 aliphatic rings. The highest BCUT2D eigenvalue weighted by atomic mass is 19.1. The lowest BCUT2D eigenvalue weighted by atomic mass is 10.1. The Morgan fingerprint density at radius 3 is 2.55 bits per heavy atom. The van der Waals surface area contributed by atoms with E-state index in [0.717, 1.165) is 17.4 Å². The van der Waals surface area contributed by atoms with Crippen LogP contribution >= 0.6 is 0 Å². The van der Waals surface area contributed by atoms with E-state index in [4.69, 9.17) is 9.52 Å². The first-order valence-electron chi connectivity index (χ1n) is 7.24. The molecule has 2 aromatic carbocycles. The quantitative estimate of drug-likeness (QED) is 0.757. The van der Waals surface area contributed by atoms with E-state index in [9.17, 15) is 9.50 Å². The van der Waals surface area contributed by atoms with Crippen LogP contribution in [0.25, 0.3) is 11.0 Å². The van der Waals surface area contributed by atoms with Gasteiger partial charge in [0.2, 0.25) is 0 Å². The highest BCUT2D eigenvalue weighted by molar-refractivity contribution is 5.79. The normalized spacial score (nSPS) is 12.7. The van der Waals surface area contributed by atoms with Gasteiger partial charge in [0.1, 0.15) is 23.3 Å². The van der Waals surface area contributed by atoms with Gasteiger partial charge in [0.15, 0.2) is 0 Å². The van der Waals surface area contributed by atoms with Gasteiger partial charge >= 0.3 is 0 Å². The number of rotatable bonds is 5. The zero-order valence-electron chi connectivity index (χ0n) is 12.0. The number of halogens is 1. The summed E-state index contributed by atoms with van der Waals surface area (Å²) < 4.78 is 18.6. The van der Waals surface area contributed by atoms with Crippen molar-refractivity contribution in [3.63, 3.8) is 0 Å². The summed E-state index contributed by atoms with van der Waals surface area (Å²) in [6.07, 6.45) is 0.593. The number of furan rings is 1. The minimum Gasteiger partial charge on any atom is -0.458 e. The third-order valence-electron chi connectivity index (χ3n) is 3.68. The van der Waals surface area contributed by atoms with Crippen molar-refractivity contribution in [3.05, 3.63) is 71.2 Å². The van der Waals surface area contributed by atoms with Crippen molar-refractivity contribution >= 4 is 11.0 Å². The predicted octanol–water partition coefficient (Wildman–Crippen LogP) is 3.58. The van der Waals surface area contributed by atoms with Crippen LogP contribution in [-0.4, -0.2) is 16.8 Å². The molecular formula is C18H17FO3.